The second-order valence-corrected chi connectivity index (χ2v) is 7.17. The van der Waals surface area contributed by atoms with Gasteiger partial charge in [-0.1, -0.05) is 21.6 Å². The number of carboxylic acids is 2. The van der Waals surface area contributed by atoms with Crippen molar-refractivity contribution >= 4 is 33.5 Å². The van der Waals surface area contributed by atoms with Gasteiger partial charge >= 0.3 is 11.9 Å². The zero-order valence-electron chi connectivity index (χ0n) is 8.53. The van der Waals surface area contributed by atoms with Gasteiger partial charge < -0.3 is 10.2 Å². The molecule has 4 nitrogen and oxygen atoms in total. The lowest BCUT2D eigenvalue weighted by Gasteiger charge is -2.23. The van der Waals surface area contributed by atoms with Crippen molar-refractivity contribution in [2.24, 2.45) is 0 Å². The van der Waals surface area contributed by atoms with E-state index in [2.05, 4.69) is 0 Å². The molecule has 0 heterocycles. The fraction of sp³-hybridized carbons (Fsp3) is 0.750. The molecule has 0 atom stereocenters. The Morgan fingerprint density at radius 3 is 1.21 bits per heavy atom. The van der Waals surface area contributed by atoms with Crippen LogP contribution in [0.4, 0.5) is 0 Å². The standard InChI is InChI=1S/C8H14O4S2/c1-7(2,5(9)10)13-14-8(3,4)6(11)12/h1-4H3,(H,9,10)(H,11,12). The van der Waals surface area contributed by atoms with Crippen LogP contribution in [0.1, 0.15) is 27.7 Å². The first-order valence-electron chi connectivity index (χ1n) is 3.93. The van der Waals surface area contributed by atoms with Crippen LogP contribution in [0.5, 0.6) is 0 Å². The number of rotatable bonds is 5. The van der Waals surface area contributed by atoms with Gasteiger partial charge in [0.05, 0.1) is 0 Å². The first-order valence-corrected chi connectivity index (χ1v) is 6.08. The van der Waals surface area contributed by atoms with Gasteiger partial charge in [0.1, 0.15) is 9.49 Å². The Morgan fingerprint density at radius 1 is 0.857 bits per heavy atom. The zero-order chi connectivity index (χ0) is 11.6. The third-order valence-electron chi connectivity index (χ3n) is 1.49. The smallest absolute Gasteiger partial charge is 0.320 e. The Kier molecular flexibility index (Phi) is 4.33. The minimum atomic E-state index is -0.975. The molecule has 2 N–H and O–H groups in total. The average Bonchev–Trinajstić information content (AvgIpc) is 2.01. The van der Waals surface area contributed by atoms with Gasteiger partial charge in [0.15, 0.2) is 0 Å². The molecule has 0 aromatic carbocycles. The molecule has 6 heteroatoms. The highest BCUT2D eigenvalue weighted by Crippen LogP contribution is 2.43. The number of carbonyl (C=O) groups is 2. The lowest BCUT2D eigenvalue weighted by atomic mass is 10.2. The van der Waals surface area contributed by atoms with Crippen LogP contribution in [0, 0.1) is 0 Å². The summed E-state index contributed by atoms with van der Waals surface area (Å²) in [5.41, 5.74) is 0. The third kappa shape index (κ3) is 3.79. The summed E-state index contributed by atoms with van der Waals surface area (Å²) in [6, 6.07) is 0. The molecule has 14 heavy (non-hydrogen) atoms. The molecular formula is C8H14O4S2. The molecule has 0 aliphatic carbocycles. The van der Waals surface area contributed by atoms with Gasteiger partial charge in [0.2, 0.25) is 0 Å². The maximum atomic E-state index is 10.7. The van der Waals surface area contributed by atoms with Crippen LogP contribution < -0.4 is 0 Å². The second-order valence-electron chi connectivity index (χ2n) is 3.80. The summed E-state index contributed by atoms with van der Waals surface area (Å²) >= 11 is 0. The maximum Gasteiger partial charge on any atom is 0.320 e. The van der Waals surface area contributed by atoms with E-state index in [1.54, 1.807) is 27.7 Å². The highest BCUT2D eigenvalue weighted by atomic mass is 33.1. The summed E-state index contributed by atoms with van der Waals surface area (Å²) in [6.07, 6.45) is 0. The molecule has 0 amide bonds. The minimum absolute atomic E-state index is 0.948. The Balaban J connectivity index is 4.32. The molecule has 0 rings (SSSR count). The lowest BCUT2D eigenvalue weighted by molar-refractivity contribution is -0.139. The van der Waals surface area contributed by atoms with E-state index in [1.165, 1.54) is 0 Å². The Hall–Kier alpha value is -0.360. The van der Waals surface area contributed by atoms with Crippen molar-refractivity contribution in [1.82, 2.24) is 0 Å². The highest BCUT2D eigenvalue weighted by Gasteiger charge is 2.35. The van der Waals surface area contributed by atoms with Crippen LogP contribution in [-0.2, 0) is 9.59 Å². The van der Waals surface area contributed by atoms with Crippen LogP contribution in [0.25, 0.3) is 0 Å². The average molecular weight is 238 g/mol. The fourth-order valence-corrected chi connectivity index (χ4v) is 2.52. The topological polar surface area (TPSA) is 74.6 Å². The summed E-state index contributed by atoms with van der Waals surface area (Å²) in [5.74, 6) is -1.90. The largest absolute Gasteiger partial charge is 0.480 e. The van der Waals surface area contributed by atoms with Crippen molar-refractivity contribution in [3.05, 3.63) is 0 Å². The van der Waals surface area contributed by atoms with Crippen molar-refractivity contribution in [1.29, 1.82) is 0 Å². The van der Waals surface area contributed by atoms with Gasteiger partial charge in [-0.05, 0) is 27.7 Å². The SMILES string of the molecule is CC(C)(SSC(C)(C)C(=O)O)C(=O)O. The van der Waals surface area contributed by atoms with Crippen LogP contribution in [-0.4, -0.2) is 31.6 Å². The molecule has 0 saturated carbocycles. The highest BCUT2D eigenvalue weighted by molar-refractivity contribution is 8.78. The summed E-state index contributed by atoms with van der Waals surface area (Å²) in [5, 5.41) is 17.6. The monoisotopic (exact) mass is 238 g/mol. The van der Waals surface area contributed by atoms with Gasteiger partial charge in [0.25, 0.3) is 0 Å². The Bertz CT molecular complexity index is 222. The minimum Gasteiger partial charge on any atom is -0.480 e. The molecule has 0 saturated heterocycles. The molecule has 0 bridgehead atoms. The van der Waals surface area contributed by atoms with Gasteiger partial charge in [-0.15, -0.1) is 0 Å². The van der Waals surface area contributed by atoms with E-state index >= 15 is 0 Å². The van der Waals surface area contributed by atoms with E-state index in [9.17, 15) is 9.59 Å². The normalized spacial score (nSPS) is 12.6. The van der Waals surface area contributed by atoms with Crippen LogP contribution >= 0.6 is 21.6 Å². The quantitative estimate of drug-likeness (QED) is 0.714. The van der Waals surface area contributed by atoms with Crippen molar-refractivity contribution in [3.63, 3.8) is 0 Å². The molecule has 0 aromatic heterocycles. The van der Waals surface area contributed by atoms with Gasteiger partial charge in [-0.25, -0.2) is 0 Å². The van der Waals surface area contributed by atoms with E-state index in [0.29, 0.717) is 0 Å². The molecule has 82 valence electrons. The van der Waals surface area contributed by atoms with E-state index < -0.39 is 21.4 Å². The number of aliphatic carboxylic acids is 2. The Labute approximate surface area is 90.9 Å². The first kappa shape index (κ1) is 13.6. The predicted octanol–water partition coefficient (Wildman–Crippen LogP) is 2.09. The molecule has 0 aromatic rings. The summed E-state index contributed by atoms with van der Waals surface area (Å²) < 4.78 is -1.95. The van der Waals surface area contributed by atoms with Gasteiger partial charge in [-0.2, -0.15) is 0 Å². The first-order chi connectivity index (χ1) is 6.09. The summed E-state index contributed by atoms with van der Waals surface area (Å²) in [7, 11) is 2.12. The molecule has 0 fully saturated rings. The number of hydrogen-bond acceptors (Lipinski definition) is 4. The fourth-order valence-electron chi connectivity index (χ4n) is 0.280. The van der Waals surface area contributed by atoms with Crippen molar-refractivity contribution < 1.29 is 19.8 Å². The molecular weight excluding hydrogens is 224 g/mol. The van der Waals surface area contributed by atoms with Crippen LogP contribution in [0.2, 0.25) is 0 Å². The van der Waals surface area contributed by atoms with E-state index in [-0.39, 0.29) is 0 Å². The molecule has 0 aliphatic heterocycles. The van der Waals surface area contributed by atoms with E-state index in [1.807, 2.05) is 0 Å². The summed E-state index contributed by atoms with van der Waals surface area (Å²) in [6.45, 7) is 6.19. The molecule has 0 spiro atoms. The van der Waals surface area contributed by atoms with Crippen molar-refractivity contribution in [2.45, 2.75) is 37.2 Å². The lowest BCUT2D eigenvalue weighted by Crippen LogP contribution is -2.30. The molecule has 0 aliphatic rings. The molecule has 0 unspecified atom stereocenters. The predicted molar refractivity (Wildman–Crippen MR) is 58.6 cm³/mol. The van der Waals surface area contributed by atoms with Crippen LogP contribution in [0.15, 0.2) is 0 Å². The number of carboxylic acid groups (broad SMARTS) is 2. The summed E-state index contributed by atoms with van der Waals surface area (Å²) in [4.78, 5) is 21.5. The Morgan fingerprint density at radius 2 is 1.07 bits per heavy atom. The maximum absolute atomic E-state index is 10.7. The van der Waals surface area contributed by atoms with E-state index in [4.69, 9.17) is 10.2 Å². The van der Waals surface area contributed by atoms with Gasteiger partial charge in [0, 0.05) is 0 Å². The second kappa shape index (κ2) is 4.44. The van der Waals surface area contributed by atoms with Crippen LogP contribution in [0.3, 0.4) is 0 Å². The third-order valence-corrected chi connectivity index (χ3v) is 5.50. The van der Waals surface area contributed by atoms with E-state index in [0.717, 1.165) is 21.6 Å². The molecule has 0 radical (unpaired) electrons. The van der Waals surface area contributed by atoms with Crippen molar-refractivity contribution in [2.75, 3.05) is 0 Å². The van der Waals surface area contributed by atoms with Crippen molar-refractivity contribution in [3.8, 4) is 0 Å². The zero-order valence-corrected chi connectivity index (χ0v) is 10.2. The number of hydrogen-bond donors (Lipinski definition) is 2. The van der Waals surface area contributed by atoms with Gasteiger partial charge in [-0.3, -0.25) is 9.59 Å².